The maximum Gasteiger partial charge on any atom is 0.407 e. The molecule has 29 heavy (non-hydrogen) atoms. The Hall–Kier alpha value is -1.83. The highest BCUT2D eigenvalue weighted by atomic mass is 32.1. The number of amides is 1. The minimum Gasteiger partial charge on any atom is -0.444 e. The Labute approximate surface area is 180 Å². The molecule has 8 heteroatoms. The van der Waals surface area contributed by atoms with E-state index in [1.165, 1.54) is 5.01 Å². The van der Waals surface area contributed by atoms with Crippen LogP contribution in [0.15, 0.2) is 10.4 Å². The van der Waals surface area contributed by atoms with Gasteiger partial charge in [-0.2, -0.15) is 0 Å². The first kappa shape index (κ1) is 25.2. The zero-order valence-electron chi connectivity index (χ0n) is 19.3. The SMILES string of the molecule is CCc1nc(CCNC(=NC)N(C)CCC(NC(=O)OC(C)(C)C)C(C)C)cs1. The molecule has 0 saturated heterocycles. The van der Waals surface area contributed by atoms with Gasteiger partial charge in [-0.3, -0.25) is 4.99 Å². The third kappa shape index (κ3) is 9.96. The molecule has 0 aliphatic rings. The van der Waals surface area contributed by atoms with E-state index in [2.05, 4.69) is 51.7 Å². The number of nitrogens with one attached hydrogen (secondary N) is 2. The van der Waals surface area contributed by atoms with Crippen molar-refractivity contribution in [1.82, 2.24) is 20.5 Å². The van der Waals surface area contributed by atoms with Gasteiger partial charge in [0.25, 0.3) is 0 Å². The zero-order chi connectivity index (χ0) is 22.0. The van der Waals surface area contributed by atoms with E-state index in [9.17, 15) is 4.79 Å². The van der Waals surface area contributed by atoms with Crippen molar-refractivity contribution >= 4 is 23.4 Å². The van der Waals surface area contributed by atoms with Gasteiger partial charge in [0.05, 0.1) is 10.7 Å². The van der Waals surface area contributed by atoms with Crippen LogP contribution in [0.25, 0.3) is 0 Å². The second-order valence-corrected chi connectivity index (χ2v) is 9.46. The first-order valence-electron chi connectivity index (χ1n) is 10.4. The summed E-state index contributed by atoms with van der Waals surface area (Å²) >= 11 is 1.72. The van der Waals surface area contributed by atoms with Crippen LogP contribution < -0.4 is 10.6 Å². The maximum absolute atomic E-state index is 12.1. The Bertz CT molecular complexity index is 652. The van der Waals surface area contributed by atoms with E-state index in [1.54, 1.807) is 18.4 Å². The van der Waals surface area contributed by atoms with Gasteiger partial charge in [-0.05, 0) is 39.5 Å². The Morgan fingerprint density at radius 2 is 2.07 bits per heavy atom. The molecule has 166 valence electrons. The van der Waals surface area contributed by atoms with Crippen molar-refractivity contribution in [2.24, 2.45) is 10.9 Å². The van der Waals surface area contributed by atoms with Gasteiger partial charge in [-0.25, -0.2) is 9.78 Å². The Kier molecular flexibility index (Phi) is 10.4. The molecule has 1 aromatic heterocycles. The first-order valence-corrected chi connectivity index (χ1v) is 11.3. The van der Waals surface area contributed by atoms with E-state index >= 15 is 0 Å². The number of hydrogen-bond donors (Lipinski definition) is 2. The predicted octanol–water partition coefficient (Wildman–Crippen LogP) is 3.69. The first-order chi connectivity index (χ1) is 13.6. The summed E-state index contributed by atoms with van der Waals surface area (Å²) in [6.07, 6.45) is 2.30. The average Bonchev–Trinajstić information content (AvgIpc) is 3.08. The summed E-state index contributed by atoms with van der Waals surface area (Å²) in [5.74, 6) is 1.15. The predicted molar refractivity (Wildman–Crippen MR) is 122 cm³/mol. The molecule has 1 aromatic rings. The van der Waals surface area contributed by atoms with Gasteiger partial charge >= 0.3 is 6.09 Å². The highest BCUT2D eigenvalue weighted by Gasteiger charge is 2.22. The molecule has 0 aliphatic carbocycles. The topological polar surface area (TPSA) is 78.9 Å². The van der Waals surface area contributed by atoms with E-state index in [0.29, 0.717) is 5.92 Å². The van der Waals surface area contributed by atoms with Gasteiger partial charge in [-0.15, -0.1) is 11.3 Å². The van der Waals surface area contributed by atoms with Crippen molar-refractivity contribution in [3.8, 4) is 0 Å². The van der Waals surface area contributed by atoms with Crippen LogP contribution in [-0.4, -0.2) is 60.8 Å². The van der Waals surface area contributed by atoms with Crippen LogP contribution in [0.4, 0.5) is 4.79 Å². The van der Waals surface area contributed by atoms with Crippen molar-refractivity contribution in [2.75, 3.05) is 27.2 Å². The number of hydrogen-bond acceptors (Lipinski definition) is 5. The molecule has 0 fully saturated rings. The smallest absolute Gasteiger partial charge is 0.407 e. The van der Waals surface area contributed by atoms with Gasteiger partial charge < -0.3 is 20.3 Å². The van der Waals surface area contributed by atoms with Crippen LogP contribution in [0.5, 0.6) is 0 Å². The number of nitrogens with zero attached hydrogens (tertiary/aromatic N) is 3. The molecular weight excluding hydrogens is 386 g/mol. The molecule has 0 aromatic carbocycles. The van der Waals surface area contributed by atoms with Crippen LogP contribution in [0.3, 0.4) is 0 Å². The van der Waals surface area contributed by atoms with Crippen molar-refractivity contribution in [2.45, 2.75) is 72.4 Å². The lowest BCUT2D eigenvalue weighted by Crippen LogP contribution is -2.45. The van der Waals surface area contributed by atoms with E-state index in [4.69, 9.17) is 4.74 Å². The highest BCUT2D eigenvalue weighted by molar-refractivity contribution is 7.09. The highest BCUT2D eigenvalue weighted by Crippen LogP contribution is 2.12. The number of guanidine groups is 1. The standard InChI is InChI=1S/C21H39N5O2S/c1-9-18-24-16(14-29-18)10-12-23-19(22-7)26(8)13-11-17(15(2)3)25-20(27)28-21(4,5)6/h14-15,17H,9-13H2,1-8H3,(H,22,23)(H,25,27). The fourth-order valence-corrected chi connectivity index (χ4v) is 3.56. The Morgan fingerprint density at radius 1 is 1.38 bits per heavy atom. The molecule has 2 N–H and O–H groups in total. The lowest BCUT2D eigenvalue weighted by molar-refractivity contribution is 0.0486. The summed E-state index contributed by atoms with van der Waals surface area (Å²) in [6, 6.07) is 0.0351. The fourth-order valence-electron chi connectivity index (χ4n) is 2.78. The van der Waals surface area contributed by atoms with Crippen LogP contribution in [0, 0.1) is 5.92 Å². The van der Waals surface area contributed by atoms with Crippen LogP contribution in [0.2, 0.25) is 0 Å². The van der Waals surface area contributed by atoms with Crippen molar-refractivity contribution < 1.29 is 9.53 Å². The summed E-state index contributed by atoms with van der Waals surface area (Å²) in [7, 11) is 3.80. The molecule has 1 heterocycles. The van der Waals surface area contributed by atoms with Crippen molar-refractivity contribution in [3.05, 3.63) is 16.1 Å². The number of aryl methyl sites for hydroxylation is 1. The molecule has 0 aliphatic heterocycles. The second kappa shape index (κ2) is 12.0. The van der Waals surface area contributed by atoms with Gasteiger partial charge in [0.2, 0.25) is 0 Å². The number of thiazole rings is 1. The molecular formula is C21H39N5O2S. The quantitative estimate of drug-likeness (QED) is 0.466. The minimum atomic E-state index is -0.496. The van der Waals surface area contributed by atoms with Crippen molar-refractivity contribution in [3.63, 3.8) is 0 Å². The number of carbonyl (C=O) groups is 1. The molecule has 0 spiro atoms. The number of carbonyl (C=O) groups excluding carboxylic acids is 1. The zero-order valence-corrected chi connectivity index (χ0v) is 20.2. The van der Waals surface area contributed by atoms with Crippen LogP contribution in [-0.2, 0) is 17.6 Å². The second-order valence-electron chi connectivity index (χ2n) is 8.52. The summed E-state index contributed by atoms with van der Waals surface area (Å²) in [6.45, 7) is 13.5. The summed E-state index contributed by atoms with van der Waals surface area (Å²) in [4.78, 5) is 23.2. The van der Waals surface area contributed by atoms with E-state index < -0.39 is 5.60 Å². The molecule has 0 radical (unpaired) electrons. The largest absolute Gasteiger partial charge is 0.444 e. The molecule has 1 rings (SSSR count). The fraction of sp³-hybridized carbons (Fsp3) is 0.762. The van der Waals surface area contributed by atoms with E-state index in [1.807, 2.05) is 27.8 Å². The molecule has 1 unspecified atom stereocenters. The Balaban J connectivity index is 2.48. The number of ether oxygens (including phenoxy) is 1. The molecule has 0 bridgehead atoms. The van der Waals surface area contributed by atoms with Crippen molar-refractivity contribution in [1.29, 1.82) is 0 Å². The van der Waals surface area contributed by atoms with Gasteiger partial charge in [-0.1, -0.05) is 20.8 Å². The lowest BCUT2D eigenvalue weighted by atomic mass is 10.0. The van der Waals surface area contributed by atoms with Gasteiger partial charge in [0.1, 0.15) is 5.60 Å². The number of alkyl carbamates (subject to hydrolysis) is 1. The third-order valence-corrected chi connectivity index (χ3v) is 5.46. The number of rotatable bonds is 9. The van der Waals surface area contributed by atoms with E-state index in [-0.39, 0.29) is 12.1 Å². The molecule has 1 amide bonds. The average molecular weight is 426 g/mol. The number of aromatic nitrogens is 1. The van der Waals surface area contributed by atoms with E-state index in [0.717, 1.165) is 44.0 Å². The number of aliphatic imine (C=N–C) groups is 1. The summed E-state index contributed by atoms with van der Waals surface area (Å²) < 4.78 is 5.39. The summed E-state index contributed by atoms with van der Waals surface area (Å²) in [5, 5.41) is 9.71. The molecule has 1 atom stereocenters. The molecule has 7 nitrogen and oxygen atoms in total. The van der Waals surface area contributed by atoms with Gasteiger partial charge in [0, 0.05) is 45.0 Å². The molecule has 0 saturated carbocycles. The third-order valence-electron chi connectivity index (χ3n) is 4.42. The van der Waals surface area contributed by atoms with Gasteiger partial charge in [0.15, 0.2) is 5.96 Å². The maximum atomic E-state index is 12.1. The lowest BCUT2D eigenvalue weighted by Gasteiger charge is -2.28. The normalized spacial score (nSPS) is 13.3. The monoisotopic (exact) mass is 425 g/mol. The van der Waals surface area contributed by atoms with Crippen LogP contribution >= 0.6 is 11.3 Å². The van der Waals surface area contributed by atoms with Crippen LogP contribution in [0.1, 0.15) is 58.7 Å². The Morgan fingerprint density at radius 3 is 2.59 bits per heavy atom. The minimum absolute atomic E-state index is 0.0351. The summed E-state index contributed by atoms with van der Waals surface area (Å²) in [5.41, 5.74) is 0.628.